The minimum Gasteiger partial charge on any atom is -0.489 e. The van der Waals surface area contributed by atoms with Gasteiger partial charge in [0.1, 0.15) is 17.6 Å². The fourth-order valence-electron chi connectivity index (χ4n) is 6.82. The number of alkyl halides is 5. The zero-order chi connectivity index (χ0) is 45.7. The van der Waals surface area contributed by atoms with Crippen molar-refractivity contribution in [2.24, 2.45) is 0 Å². The fraction of sp³-hybridized carbons (Fsp3) is 0.311. The summed E-state index contributed by atoms with van der Waals surface area (Å²) in [5, 5.41) is 2.96. The quantitative estimate of drug-likeness (QED) is 0.0524. The number of amides is 1. The number of ether oxygens (including phenoxy) is 3. The molecule has 0 saturated carbocycles. The molecule has 0 aliphatic carbocycles. The molecule has 1 fully saturated rings. The summed E-state index contributed by atoms with van der Waals surface area (Å²) in [6.07, 6.45) is -5.14. The minimum atomic E-state index is -4.86. The summed E-state index contributed by atoms with van der Waals surface area (Å²) in [5.74, 6) is -0.824. The Kier molecular flexibility index (Phi) is 16.6. The van der Waals surface area contributed by atoms with Crippen molar-refractivity contribution in [3.05, 3.63) is 156 Å². The van der Waals surface area contributed by atoms with Gasteiger partial charge in [0.15, 0.2) is 9.84 Å². The summed E-state index contributed by atoms with van der Waals surface area (Å²) in [7, 11) is -7.72. The Hall–Kier alpha value is -5.36. The molecule has 3 atom stereocenters. The van der Waals surface area contributed by atoms with Crippen LogP contribution < -0.4 is 19.7 Å². The molecule has 1 aliphatic heterocycles. The highest BCUT2D eigenvalue weighted by atomic mass is 32.2. The number of benzene rings is 5. The standard InChI is InChI=1S/C45H46F5N2O10PS/c1-2-64(55,56)41-23-15-34(16-24-41)42(25-26-58-63(54,59-29-32-9-5-3-6-10-32)60-30-33-11-7-4-8-12-33)51-43(53)35-13-17-36(18-14-35)52-28-40(27-37(52)31-57-44(46)47)61-38-19-21-39(22-20-38)62-45(48,49)50/h3-24,37,40,42,44H,2,25-31H2,1H3,(H,51,53)/t37-,40-,42-/m0/s1. The molecule has 1 amide bonds. The number of carbonyl (C=O) groups excluding carboxylic acids is 1. The third-order valence-corrected chi connectivity index (χ3v) is 13.2. The van der Waals surface area contributed by atoms with Gasteiger partial charge in [-0.05, 0) is 83.8 Å². The summed E-state index contributed by atoms with van der Waals surface area (Å²) in [6.45, 7) is -2.02. The number of nitrogens with one attached hydrogen (secondary N) is 1. The van der Waals surface area contributed by atoms with Gasteiger partial charge in [-0.2, -0.15) is 8.78 Å². The molecule has 1 heterocycles. The molecular weight excluding hydrogens is 887 g/mol. The van der Waals surface area contributed by atoms with Crippen LogP contribution in [0.4, 0.5) is 27.6 Å². The van der Waals surface area contributed by atoms with E-state index in [1.165, 1.54) is 43.3 Å². The maximum Gasteiger partial charge on any atom is 0.573 e. The normalized spacial score (nSPS) is 16.1. The molecule has 1 saturated heterocycles. The average Bonchev–Trinajstić information content (AvgIpc) is 3.70. The molecule has 12 nitrogen and oxygen atoms in total. The maximum absolute atomic E-state index is 14.0. The number of carbonyl (C=O) groups is 1. The second-order valence-corrected chi connectivity index (χ2v) is 18.5. The van der Waals surface area contributed by atoms with Crippen molar-refractivity contribution in [2.75, 3.05) is 30.4 Å². The molecule has 64 heavy (non-hydrogen) atoms. The summed E-state index contributed by atoms with van der Waals surface area (Å²) < 4.78 is 135. The predicted molar refractivity (Wildman–Crippen MR) is 227 cm³/mol. The van der Waals surface area contributed by atoms with Gasteiger partial charge in [0.2, 0.25) is 0 Å². The lowest BCUT2D eigenvalue weighted by Crippen LogP contribution is -2.34. The first-order valence-electron chi connectivity index (χ1n) is 20.1. The topological polar surface area (TPSA) is 139 Å². The van der Waals surface area contributed by atoms with Crippen LogP contribution in [0.25, 0.3) is 0 Å². The van der Waals surface area contributed by atoms with Crippen molar-refractivity contribution in [1.82, 2.24) is 5.32 Å². The van der Waals surface area contributed by atoms with E-state index in [-0.39, 0.29) is 67.8 Å². The highest BCUT2D eigenvalue weighted by Gasteiger charge is 2.35. The molecule has 342 valence electrons. The highest BCUT2D eigenvalue weighted by molar-refractivity contribution is 7.91. The largest absolute Gasteiger partial charge is 0.573 e. The van der Waals surface area contributed by atoms with Crippen LogP contribution in [0.1, 0.15) is 52.9 Å². The van der Waals surface area contributed by atoms with Crippen LogP contribution in [0, 0.1) is 0 Å². The number of halogens is 5. The minimum absolute atomic E-state index is 0.0517. The number of rotatable bonds is 22. The van der Waals surface area contributed by atoms with Gasteiger partial charge in [-0.25, -0.2) is 13.0 Å². The predicted octanol–water partition coefficient (Wildman–Crippen LogP) is 10.1. The van der Waals surface area contributed by atoms with Gasteiger partial charge in [0, 0.05) is 17.7 Å². The number of hydrogen-bond donors (Lipinski definition) is 1. The molecule has 5 aromatic rings. The van der Waals surface area contributed by atoms with E-state index in [9.17, 15) is 39.7 Å². The third kappa shape index (κ3) is 14.3. The molecule has 1 aliphatic rings. The summed E-state index contributed by atoms with van der Waals surface area (Å²) in [4.78, 5) is 15.7. The molecule has 1 N–H and O–H groups in total. The summed E-state index contributed by atoms with van der Waals surface area (Å²) in [5.41, 5.74) is 2.77. The third-order valence-electron chi connectivity index (χ3n) is 10.1. The Balaban J connectivity index is 1.16. The molecule has 0 unspecified atom stereocenters. The van der Waals surface area contributed by atoms with Gasteiger partial charge in [-0.15, -0.1) is 13.2 Å². The number of hydrogen-bond acceptors (Lipinski definition) is 11. The fourth-order valence-corrected chi connectivity index (χ4v) is 8.87. The van der Waals surface area contributed by atoms with Gasteiger partial charge in [0.05, 0.1) is 55.7 Å². The van der Waals surface area contributed by atoms with Crippen molar-refractivity contribution in [2.45, 2.75) is 69.0 Å². The molecule has 0 bridgehead atoms. The van der Waals surface area contributed by atoms with Crippen LogP contribution in [-0.4, -0.2) is 65.0 Å². The van der Waals surface area contributed by atoms with E-state index in [0.717, 1.165) is 23.3 Å². The molecule has 6 rings (SSSR count). The van der Waals surface area contributed by atoms with Crippen molar-refractivity contribution in [3.8, 4) is 11.5 Å². The molecule has 0 spiro atoms. The Morgan fingerprint density at radius 2 is 1.38 bits per heavy atom. The lowest BCUT2D eigenvalue weighted by Gasteiger charge is -2.26. The smallest absolute Gasteiger partial charge is 0.489 e. The molecular formula is C45H46F5N2O10PS. The SMILES string of the molecule is CCS(=O)(=O)c1ccc([C@H](CCOP(=O)(OCc2ccccc2)OCc2ccccc2)NC(=O)c2ccc(N3C[C@@H](Oc4ccc(OC(F)(F)F)cc4)C[C@H]3COC(F)F)cc2)cc1. The van der Waals surface area contributed by atoms with Crippen LogP contribution in [0.15, 0.2) is 138 Å². The first-order valence-corrected chi connectivity index (χ1v) is 23.2. The molecule has 5 aromatic carbocycles. The van der Waals surface area contributed by atoms with Crippen LogP contribution >= 0.6 is 7.82 Å². The summed E-state index contributed by atoms with van der Waals surface area (Å²) in [6, 6.07) is 33.9. The van der Waals surface area contributed by atoms with E-state index in [2.05, 4.69) is 14.8 Å². The highest BCUT2D eigenvalue weighted by Crippen LogP contribution is 2.51. The second kappa shape index (κ2) is 22.0. The Morgan fingerprint density at radius 3 is 1.92 bits per heavy atom. The van der Waals surface area contributed by atoms with E-state index in [1.807, 2.05) is 36.4 Å². The Morgan fingerprint density at radius 1 is 0.797 bits per heavy atom. The number of phosphoric acid groups is 1. The van der Waals surface area contributed by atoms with E-state index in [4.69, 9.17) is 18.3 Å². The first-order chi connectivity index (χ1) is 30.6. The number of sulfone groups is 1. The van der Waals surface area contributed by atoms with Crippen molar-refractivity contribution in [1.29, 1.82) is 0 Å². The Bertz CT molecular complexity index is 2350. The second-order valence-electron chi connectivity index (χ2n) is 14.5. The van der Waals surface area contributed by atoms with Gasteiger partial charge < -0.3 is 24.4 Å². The van der Waals surface area contributed by atoms with Gasteiger partial charge in [0.25, 0.3) is 5.91 Å². The van der Waals surface area contributed by atoms with Crippen molar-refractivity contribution < 1.29 is 67.5 Å². The van der Waals surface area contributed by atoms with Crippen LogP contribution in [0.2, 0.25) is 0 Å². The van der Waals surface area contributed by atoms with Crippen LogP contribution in [0.3, 0.4) is 0 Å². The molecule has 0 aromatic heterocycles. The number of nitrogens with zero attached hydrogens (tertiary/aromatic N) is 1. The van der Waals surface area contributed by atoms with E-state index < -0.39 is 60.5 Å². The Labute approximate surface area is 367 Å². The van der Waals surface area contributed by atoms with Gasteiger partial charge >= 0.3 is 20.8 Å². The van der Waals surface area contributed by atoms with Crippen molar-refractivity contribution >= 4 is 29.3 Å². The maximum atomic E-state index is 14.0. The zero-order valence-electron chi connectivity index (χ0n) is 34.4. The lowest BCUT2D eigenvalue weighted by molar-refractivity contribution is -0.274. The number of anilines is 1. The van der Waals surface area contributed by atoms with Crippen molar-refractivity contribution in [3.63, 3.8) is 0 Å². The molecule has 0 radical (unpaired) electrons. The number of phosphoric ester groups is 1. The lowest BCUT2D eigenvalue weighted by atomic mass is 10.0. The van der Waals surface area contributed by atoms with Crippen LogP contribution in [0.5, 0.6) is 11.5 Å². The molecule has 19 heteroatoms. The van der Waals surface area contributed by atoms with E-state index in [1.54, 1.807) is 53.4 Å². The van der Waals surface area contributed by atoms with E-state index >= 15 is 0 Å². The summed E-state index contributed by atoms with van der Waals surface area (Å²) >= 11 is 0. The van der Waals surface area contributed by atoms with Crippen LogP contribution in [-0.2, 0) is 45.9 Å². The zero-order valence-corrected chi connectivity index (χ0v) is 36.2. The monoisotopic (exact) mass is 932 g/mol. The van der Waals surface area contributed by atoms with Gasteiger partial charge in [-0.1, -0.05) is 79.7 Å². The van der Waals surface area contributed by atoms with Gasteiger partial charge in [-0.3, -0.25) is 18.4 Å². The average molecular weight is 933 g/mol. The first kappa shape index (κ1) is 48.1. The van der Waals surface area contributed by atoms with E-state index in [0.29, 0.717) is 11.3 Å².